The van der Waals surface area contributed by atoms with Gasteiger partial charge in [-0.3, -0.25) is 9.36 Å². The number of nitrogens with zero attached hydrogens (tertiary/aromatic N) is 3. The molecule has 0 fully saturated rings. The number of amides is 1. The van der Waals surface area contributed by atoms with Crippen LogP contribution in [0.1, 0.15) is 17.4 Å². The van der Waals surface area contributed by atoms with Gasteiger partial charge in [0.1, 0.15) is 24.2 Å². The molecular weight excluding hydrogens is 372 g/mol. The van der Waals surface area contributed by atoms with E-state index in [1.165, 1.54) is 4.57 Å². The fourth-order valence-corrected chi connectivity index (χ4v) is 3.26. The van der Waals surface area contributed by atoms with Crippen LogP contribution < -0.4 is 15.8 Å². The lowest BCUT2D eigenvalue weighted by Gasteiger charge is -2.19. The Labute approximate surface area is 166 Å². The van der Waals surface area contributed by atoms with E-state index in [0.717, 1.165) is 11.3 Å². The van der Waals surface area contributed by atoms with E-state index in [0.29, 0.717) is 16.9 Å². The number of methoxy groups -OCH3 is 1. The summed E-state index contributed by atoms with van der Waals surface area (Å²) >= 11 is 0. The van der Waals surface area contributed by atoms with Crippen LogP contribution in [0.5, 0.6) is 5.75 Å². The summed E-state index contributed by atoms with van der Waals surface area (Å²) < 4.78 is 13.6. The van der Waals surface area contributed by atoms with Crippen LogP contribution >= 0.6 is 0 Å². The second kappa shape index (κ2) is 7.67. The highest BCUT2D eigenvalue weighted by atomic mass is 16.5. The lowest BCUT2D eigenvalue weighted by Crippen LogP contribution is -2.35. The van der Waals surface area contributed by atoms with Crippen LogP contribution in [0.2, 0.25) is 0 Å². The molecule has 29 heavy (non-hydrogen) atoms. The minimum atomic E-state index is -0.570. The highest BCUT2D eigenvalue weighted by Crippen LogP contribution is 2.23. The Morgan fingerprint density at radius 3 is 2.66 bits per heavy atom. The lowest BCUT2D eigenvalue weighted by atomic mass is 10.1. The molecule has 0 aliphatic carbocycles. The van der Waals surface area contributed by atoms with E-state index in [2.05, 4.69) is 10.3 Å². The monoisotopic (exact) mass is 392 g/mol. The second-order valence-corrected chi connectivity index (χ2v) is 6.59. The Kier molecular flexibility index (Phi) is 4.90. The van der Waals surface area contributed by atoms with Gasteiger partial charge in [-0.2, -0.15) is 0 Å². The molecule has 0 spiro atoms. The van der Waals surface area contributed by atoms with Gasteiger partial charge in [0.05, 0.1) is 12.6 Å². The van der Waals surface area contributed by atoms with Crippen molar-refractivity contribution in [1.82, 2.24) is 19.4 Å². The molecule has 2 aromatic heterocycles. The number of benzene rings is 2. The third-order valence-corrected chi connectivity index (χ3v) is 4.75. The Morgan fingerprint density at radius 2 is 1.97 bits per heavy atom. The molecule has 1 amide bonds. The van der Waals surface area contributed by atoms with Crippen molar-refractivity contribution in [2.45, 2.75) is 12.6 Å². The minimum Gasteiger partial charge on any atom is -0.497 e. The zero-order chi connectivity index (χ0) is 20.4. The van der Waals surface area contributed by atoms with Gasteiger partial charge in [-0.05, 0) is 29.8 Å². The molecule has 8 heteroatoms. The van der Waals surface area contributed by atoms with Gasteiger partial charge in [0.15, 0.2) is 5.58 Å². The number of nitrogens with one attached hydrogen (secondary N) is 1. The molecule has 0 saturated heterocycles. The summed E-state index contributed by atoms with van der Waals surface area (Å²) in [5.74, 6) is 0.491. The van der Waals surface area contributed by atoms with E-state index < -0.39 is 11.8 Å². The number of hydrogen-bond donors (Lipinski definition) is 1. The summed E-state index contributed by atoms with van der Waals surface area (Å²) in [6.07, 6.45) is 3.48. The maximum Gasteiger partial charge on any atom is 0.420 e. The van der Waals surface area contributed by atoms with Gasteiger partial charge in [-0.15, -0.1) is 0 Å². The third-order valence-electron chi connectivity index (χ3n) is 4.75. The van der Waals surface area contributed by atoms with E-state index in [1.807, 2.05) is 42.1 Å². The maximum absolute atomic E-state index is 12.8. The number of aromatic nitrogens is 3. The van der Waals surface area contributed by atoms with Crippen LogP contribution in [0.4, 0.5) is 0 Å². The highest BCUT2D eigenvalue weighted by Gasteiger charge is 2.22. The molecule has 0 bridgehead atoms. The predicted molar refractivity (Wildman–Crippen MR) is 107 cm³/mol. The molecule has 1 unspecified atom stereocenters. The number of hydrogen-bond acceptors (Lipinski definition) is 5. The average Bonchev–Trinajstić information content (AvgIpc) is 3.29. The molecule has 0 radical (unpaired) electrons. The first-order chi connectivity index (χ1) is 14.1. The number of para-hydroxylation sites is 2. The smallest absolute Gasteiger partial charge is 0.420 e. The fourth-order valence-electron chi connectivity index (χ4n) is 3.26. The number of ether oxygens (including phenoxy) is 1. The van der Waals surface area contributed by atoms with Crippen molar-refractivity contribution in [2.75, 3.05) is 7.11 Å². The summed E-state index contributed by atoms with van der Waals surface area (Å²) in [4.78, 5) is 29.4. The zero-order valence-electron chi connectivity index (χ0n) is 16.0. The summed E-state index contributed by atoms with van der Waals surface area (Å²) in [5.41, 5.74) is 1.87. The Bertz CT molecular complexity index is 1200. The SMILES string of the molecule is COc1ccc(C(NC(=O)Cn2c(=O)oc3ccccc32)c2nccn2C)cc1. The van der Waals surface area contributed by atoms with Gasteiger partial charge < -0.3 is 19.0 Å². The molecule has 2 aromatic carbocycles. The number of oxazole rings is 1. The molecule has 2 heterocycles. The molecule has 4 rings (SSSR count). The topological polar surface area (TPSA) is 91.3 Å². The molecule has 8 nitrogen and oxygen atoms in total. The number of aryl methyl sites for hydroxylation is 1. The lowest BCUT2D eigenvalue weighted by molar-refractivity contribution is -0.122. The average molecular weight is 392 g/mol. The van der Waals surface area contributed by atoms with Crippen LogP contribution in [0.25, 0.3) is 11.1 Å². The zero-order valence-corrected chi connectivity index (χ0v) is 16.0. The standard InChI is InChI=1S/C21H20N4O4/c1-24-12-11-22-20(24)19(14-7-9-15(28-2)10-8-14)23-18(26)13-25-16-5-3-4-6-17(16)29-21(25)27/h3-12,19H,13H2,1-2H3,(H,23,26). The number of rotatable bonds is 6. The molecular formula is C21H20N4O4. The Morgan fingerprint density at radius 1 is 1.21 bits per heavy atom. The van der Waals surface area contributed by atoms with Crippen LogP contribution in [-0.4, -0.2) is 27.1 Å². The summed E-state index contributed by atoms with van der Waals surface area (Å²) in [5, 5.41) is 2.98. The van der Waals surface area contributed by atoms with Gasteiger partial charge in [0.2, 0.25) is 5.91 Å². The van der Waals surface area contributed by atoms with Gasteiger partial charge in [-0.1, -0.05) is 24.3 Å². The molecule has 0 saturated carbocycles. The normalized spacial score (nSPS) is 12.1. The van der Waals surface area contributed by atoms with Crippen molar-refractivity contribution in [2.24, 2.45) is 7.05 Å². The van der Waals surface area contributed by atoms with Gasteiger partial charge in [0.25, 0.3) is 0 Å². The summed E-state index contributed by atoms with van der Waals surface area (Å²) in [6, 6.07) is 13.9. The summed E-state index contributed by atoms with van der Waals surface area (Å²) in [7, 11) is 3.46. The predicted octanol–water partition coefficient (Wildman–Crippen LogP) is 2.24. The number of imidazole rings is 1. The van der Waals surface area contributed by atoms with Crippen molar-refractivity contribution in [3.63, 3.8) is 0 Å². The van der Waals surface area contributed by atoms with Crippen molar-refractivity contribution in [3.8, 4) is 5.75 Å². The Balaban J connectivity index is 1.63. The summed E-state index contributed by atoms with van der Waals surface area (Å²) in [6.45, 7) is -0.160. The van der Waals surface area contributed by atoms with E-state index in [4.69, 9.17) is 9.15 Å². The van der Waals surface area contributed by atoms with E-state index in [9.17, 15) is 9.59 Å². The number of carbonyl (C=O) groups excluding carboxylic acids is 1. The second-order valence-electron chi connectivity index (χ2n) is 6.59. The first-order valence-electron chi connectivity index (χ1n) is 9.05. The van der Waals surface area contributed by atoms with Crippen molar-refractivity contribution < 1.29 is 13.9 Å². The highest BCUT2D eigenvalue weighted by molar-refractivity contribution is 5.80. The van der Waals surface area contributed by atoms with Gasteiger partial charge in [-0.25, -0.2) is 9.78 Å². The van der Waals surface area contributed by atoms with Crippen LogP contribution in [-0.2, 0) is 18.4 Å². The van der Waals surface area contributed by atoms with Gasteiger partial charge >= 0.3 is 5.76 Å². The molecule has 1 N–H and O–H groups in total. The maximum atomic E-state index is 12.8. The van der Waals surface area contributed by atoms with Crippen molar-refractivity contribution in [1.29, 1.82) is 0 Å². The molecule has 4 aromatic rings. The molecule has 1 atom stereocenters. The fraction of sp³-hybridized carbons (Fsp3) is 0.190. The minimum absolute atomic E-state index is 0.160. The van der Waals surface area contributed by atoms with E-state index in [1.54, 1.807) is 37.6 Å². The first-order valence-corrected chi connectivity index (χ1v) is 9.05. The van der Waals surface area contributed by atoms with Crippen molar-refractivity contribution >= 4 is 17.0 Å². The van der Waals surface area contributed by atoms with E-state index in [-0.39, 0.29) is 12.5 Å². The number of carbonyl (C=O) groups is 1. The van der Waals surface area contributed by atoms with Crippen LogP contribution in [0, 0.1) is 0 Å². The number of fused-ring (bicyclic) bond motifs is 1. The van der Waals surface area contributed by atoms with Crippen LogP contribution in [0.3, 0.4) is 0 Å². The quantitative estimate of drug-likeness (QED) is 0.543. The van der Waals surface area contributed by atoms with Gasteiger partial charge in [0, 0.05) is 19.4 Å². The molecule has 0 aliphatic heterocycles. The van der Waals surface area contributed by atoms with E-state index >= 15 is 0 Å². The first kappa shape index (κ1) is 18.5. The third kappa shape index (κ3) is 3.64. The van der Waals surface area contributed by atoms with Crippen LogP contribution in [0.15, 0.2) is 70.1 Å². The molecule has 0 aliphatic rings. The van der Waals surface area contributed by atoms with Crippen molar-refractivity contribution in [3.05, 3.63) is 82.9 Å². The largest absolute Gasteiger partial charge is 0.497 e. The Hall–Kier alpha value is -3.81. The molecule has 148 valence electrons.